The Morgan fingerprint density at radius 1 is 1.29 bits per heavy atom. The van der Waals surface area contributed by atoms with Crippen molar-refractivity contribution < 1.29 is 4.74 Å². The zero-order chi connectivity index (χ0) is 20.1. The number of pyridine rings is 1. The van der Waals surface area contributed by atoms with E-state index < -0.39 is 0 Å². The largest absolute Gasteiger partial charge is 0.383 e. The minimum atomic E-state index is -0.301. The monoisotopic (exact) mass is 420 g/mol. The summed E-state index contributed by atoms with van der Waals surface area (Å²) in [6.07, 6.45) is 3.33. The first-order valence-corrected chi connectivity index (χ1v) is 10.1. The van der Waals surface area contributed by atoms with Crippen molar-refractivity contribution in [1.29, 1.82) is 0 Å². The number of aromatic nitrogens is 5. The quantitative estimate of drug-likeness (QED) is 0.438. The molecular formula is C18H21ClN6O2S. The van der Waals surface area contributed by atoms with Crippen LogP contribution in [0.5, 0.6) is 0 Å². The van der Waals surface area contributed by atoms with Gasteiger partial charge in [-0.1, -0.05) is 6.92 Å². The van der Waals surface area contributed by atoms with Crippen molar-refractivity contribution in [3.05, 3.63) is 45.9 Å². The lowest BCUT2D eigenvalue weighted by Crippen LogP contribution is -2.30. The third kappa shape index (κ3) is 4.60. The maximum absolute atomic E-state index is 13.0. The Morgan fingerprint density at radius 2 is 2.11 bits per heavy atom. The first-order valence-electron chi connectivity index (χ1n) is 8.78. The van der Waals surface area contributed by atoms with E-state index in [-0.39, 0.29) is 22.7 Å². The number of thioether (sulfide) groups is 1. The van der Waals surface area contributed by atoms with Gasteiger partial charge in [0.1, 0.15) is 5.52 Å². The molecular weight excluding hydrogens is 400 g/mol. The fourth-order valence-corrected chi connectivity index (χ4v) is 3.52. The molecule has 0 fully saturated rings. The van der Waals surface area contributed by atoms with Gasteiger partial charge in [0.25, 0.3) is 5.56 Å². The molecule has 0 aliphatic rings. The highest BCUT2D eigenvalue weighted by Gasteiger charge is 2.17. The number of halogens is 1. The van der Waals surface area contributed by atoms with Gasteiger partial charge < -0.3 is 10.1 Å². The summed E-state index contributed by atoms with van der Waals surface area (Å²) < 4.78 is 6.73. The molecule has 0 saturated carbocycles. The zero-order valence-corrected chi connectivity index (χ0v) is 17.4. The average Bonchev–Trinajstić information content (AvgIpc) is 2.68. The summed E-state index contributed by atoms with van der Waals surface area (Å²) in [6.45, 7) is 4.68. The lowest BCUT2D eigenvalue weighted by Gasteiger charge is -2.17. The number of methoxy groups -OCH3 is 1. The van der Waals surface area contributed by atoms with Crippen LogP contribution in [0.1, 0.15) is 25.6 Å². The van der Waals surface area contributed by atoms with Crippen molar-refractivity contribution in [2.75, 3.05) is 24.8 Å². The average molecular weight is 421 g/mol. The third-order valence-corrected chi connectivity index (χ3v) is 5.04. The van der Waals surface area contributed by atoms with E-state index in [4.69, 9.17) is 16.3 Å². The molecule has 8 nitrogen and oxygen atoms in total. The first kappa shape index (κ1) is 20.5. The number of anilines is 1. The Kier molecular flexibility index (Phi) is 6.82. The summed E-state index contributed by atoms with van der Waals surface area (Å²) in [5.41, 5.74) is 1.35. The van der Waals surface area contributed by atoms with Gasteiger partial charge in [0, 0.05) is 18.2 Å². The SMILES string of the molecule is CCSc1ccc(CNc2nc3cnc(Cl)nc3n([C@@H](C)COC)c2=O)nc1. The van der Waals surface area contributed by atoms with Crippen LogP contribution in [0.25, 0.3) is 11.2 Å². The molecule has 28 heavy (non-hydrogen) atoms. The van der Waals surface area contributed by atoms with Gasteiger partial charge in [0.2, 0.25) is 5.28 Å². The van der Waals surface area contributed by atoms with E-state index in [1.807, 2.05) is 25.3 Å². The molecule has 148 valence electrons. The topological polar surface area (TPSA) is 94.8 Å². The Labute approximate surface area is 171 Å². The van der Waals surface area contributed by atoms with Crippen LogP contribution in [0.15, 0.2) is 34.2 Å². The predicted octanol–water partition coefficient (Wildman–Crippen LogP) is 3.17. The first-order chi connectivity index (χ1) is 13.5. The summed E-state index contributed by atoms with van der Waals surface area (Å²) in [6, 6.07) is 3.69. The van der Waals surface area contributed by atoms with Gasteiger partial charge in [-0.3, -0.25) is 14.3 Å². The molecule has 0 saturated heterocycles. The summed E-state index contributed by atoms with van der Waals surface area (Å²) in [7, 11) is 1.58. The molecule has 1 atom stereocenters. The normalized spacial score (nSPS) is 12.3. The second kappa shape index (κ2) is 9.31. The van der Waals surface area contributed by atoms with Crippen LogP contribution in [0.3, 0.4) is 0 Å². The third-order valence-electron chi connectivity index (χ3n) is 4.00. The highest BCUT2D eigenvalue weighted by atomic mass is 35.5. The number of hydrogen-bond donors (Lipinski definition) is 1. The second-order valence-corrected chi connectivity index (χ2v) is 7.74. The molecule has 1 N–H and O–H groups in total. The molecule has 0 radical (unpaired) electrons. The molecule has 0 bridgehead atoms. The summed E-state index contributed by atoms with van der Waals surface area (Å²) in [5.74, 6) is 1.20. The zero-order valence-electron chi connectivity index (χ0n) is 15.8. The van der Waals surface area contributed by atoms with Crippen molar-refractivity contribution in [2.24, 2.45) is 0 Å². The van der Waals surface area contributed by atoms with Crippen LogP contribution in [0.4, 0.5) is 5.82 Å². The Hall–Kier alpha value is -2.23. The molecule has 0 aliphatic carbocycles. The fraction of sp³-hybridized carbons (Fsp3) is 0.389. The molecule has 0 amide bonds. The van der Waals surface area contributed by atoms with Crippen LogP contribution in [-0.4, -0.2) is 44.0 Å². The van der Waals surface area contributed by atoms with E-state index in [0.717, 1.165) is 16.3 Å². The van der Waals surface area contributed by atoms with Gasteiger partial charge in [-0.25, -0.2) is 9.97 Å². The molecule has 0 unspecified atom stereocenters. The molecule has 3 aromatic heterocycles. The maximum atomic E-state index is 13.0. The standard InChI is InChI=1S/C18H21ClN6O2S/c1-4-28-13-6-5-12(20-8-13)7-21-15-17(26)25(11(2)10-27-3)16-14(23-15)9-22-18(19)24-16/h5-6,8-9,11H,4,7,10H2,1-3H3,(H,21,23)/t11-/m0/s1. The van der Waals surface area contributed by atoms with Crippen LogP contribution in [0.2, 0.25) is 5.28 Å². The number of ether oxygens (including phenoxy) is 1. The summed E-state index contributed by atoms with van der Waals surface area (Å²) >= 11 is 7.65. The van der Waals surface area contributed by atoms with E-state index in [2.05, 4.69) is 32.2 Å². The molecule has 0 spiro atoms. The molecule has 0 aromatic carbocycles. The van der Waals surface area contributed by atoms with Crippen molar-refractivity contribution in [1.82, 2.24) is 24.5 Å². The van der Waals surface area contributed by atoms with Gasteiger partial charge >= 0.3 is 0 Å². The van der Waals surface area contributed by atoms with Crippen molar-refractivity contribution in [3.8, 4) is 0 Å². The van der Waals surface area contributed by atoms with Crippen molar-refractivity contribution >= 4 is 40.3 Å². The lowest BCUT2D eigenvalue weighted by atomic mass is 10.3. The van der Waals surface area contributed by atoms with Gasteiger partial charge in [-0.05, 0) is 36.4 Å². The van der Waals surface area contributed by atoms with E-state index in [9.17, 15) is 4.79 Å². The minimum absolute atomic E-state index is 0.0574. The molecule has 3 aromatic rings. The lowest BCUT2D eigenvalue weighted by molar-refractivity contribution is 0.162. The van der Waals surface area contributed by atoms with Gasteiger partial charge in [-0.15, -0.1) is 11.8 Å². The summed E-state index contributed by atoms with van der Waals surface area (Å²) in [4.78, 5) is 31.1. The number of nitrogens with zero attached hydrogens (tertiary/aromatic N) is 5. The molecule has 10 heteroatoms. The highest BCUT2D eigenvalue weighted by molar-refractivity contribution is 7.99. The second-order valence-electron chi connectivity index (χ2n) is 6.06. The van der Waals surface area contributed by atoms with E-state index in [0.29, 0.717) is 24.3 Å². The molecule has 0 aliphatic heterocycles. The molecule has 3 heterocycles. The number of rotatable bonds is 8. The maximum Gasteiger partial charge on any atom is 0.295 e. The van der Waals surface area contributed by atoms with Gasteiger partial charge in [0.05, 0.1) is 31.1 Å². The number of fused-ring (bicyclic) bond motifs is 1. The Bertz CT molecular complexity index is 1010. The number of hydrogen-bond acceptors (Lipinski definition) is 8. The van der Waals surface area contributed by atoms with Crippen LogP contribution >= 0.6 is 23.4 Å². The van der Waals surface area contributed by atoms with E-state index in [1.165, 1.54) is 10.8 Å². The van der Waals surface area contributed by atoms with Crippen LogP contribution in [-0.2, 0) is 11.3 Å². The number of nitrogens with one attached hydrogen (secondary N) is 1. The van der Waals surface area contributed by atoms with Crippen LogP contribution in [0, 0.1) is 0 Å². The van der Waals surface area contributed by atoms with E-state index in [1.54, 1.807) is 18.9 Å². The Morgan fingerprint density at radius 3 is 2.79 bits per heavy atom. The van der Waals surface area contributed by atoms with Crippen LogP contribution < -0.4 is 10.9 Å². The Balaban J connectivity index is 1.93. The summed E-state index contributed by atoms with van der Waals surface area (Å²) in [5, 5.41) is 3.14. The van der Waals surface area contributed by atoms with Gasteiger partial charge in [-0.2, -0.15) is 4.98 Å². The smallest absolute Gasteiger partial charge is 0.295 e. The highest BCUT2D eigenvalue weighted by Crippen LogP contribution is 2.18. The minimum Gasteiger partial charge on any atom is -0.383 e. The van der Waals surface area contributed by atoms with Gasteiger partial charge in [0.15, 0.2) is 11.5 Å². The predicted molar refractivity (Wildman–Crippen MR) is 111 cm³/mol. The van der Waals surface area contributed by atoms with E-state index >= 15 is 0 Å². The fourth-order valence-electron chi connectivity index (χ4n) is 2.76. The molecule has 3 rings (SSSR count). The van der Waals surface area contributed by atoms with Crippen molar-refractivity contribution in [2.45, 2.75) is 31.3 Å². The van der Waals surface area contributed by atoms with Crippen molar-refractivity contribution in [3.63, 3.8) is 0 Å².